The Morgan fingerprint density at radius 3 is 2.61 bits per heavy atom. The Bertz CT molecular complexity index is 1030. The van der Waals surface area contributed by atoms with Gasteiger partial charge in [0.1, 0.15) is 5.82 Å². The molecule has 0 aliphatic carbocycles. The average Bonchev–Trinajstić information content (AvgIpc) is 2.87. The van der Waals surface area contributed by atoms with Crippen LogP contribution in [0.2, 0.25) is 0 Å². The number of aryl methyl sites for hydroxylation is 1. The normalized spacial score (nSPS) is 16.2. The van der Waals surface area contributed by atoms with Gasteiger partial charge >= 0.3 is 5.97 Å². The molecule has 1 aromatic heterocycles. The highest BCUT2D eigenvalue weighted by atomic mass is 32.2. The minimum Gasteiger partial charge on any atom is -0.478 e. The first-order valence-corrected chi connectivity index (χ1v) is 9.93. The van der Waals surface area contributed by atoms with E-state index >= 15 is 0 Å². The summed E-state index contributed by atoms with van der Waals surface area (Å²) < 4.78 is 1.84. The third kappa shape index (κ3) is 3.53. The van der Waals surface area contributed by atoms with Gasteiger partial charge in [-0.2, -0.15) is 5.10 Å². The van der Waals surface area contributed by atoms with E-state index in [1.807, 2.05) is 54.1 Å². The number of anilines is 1. The van der Waals surface area contributed by atoms with E-state index in [-0.39, 0.29) is 16.7 Å². The van der Waals surface area contributed by atoms with Crippen molar-refractivity contribution in [2.24, 2.45) is 0 Å². The van der Waals surface area contributed by atoms with Gasteiger partial charge < -0.3 is 10.4 Å². The second-order valence-corrected chi connectivity index (χ2v) is 7.75. The molecule has 0 saturated heterocycles. The number of carboxylic acids is 1. The third-order valence-corrected chi connectivity index (χ3v) is 5.98. The molecule has 2 N–H and O–H groups in total. The zero-order valence-electron chi connectivity index (χ0n) is 15.3. The number of carbonyl (C=O) groups is 2. The van der Waals surface area contributed by atoms with Crippen molar-refractivity contribution in [2.75, 3.05) is 11.1 Å². The lowest BCUT2D eigenvalue weighted by molar-refractivity contribution is -0.113. The maximum atomic E-state index is 12.3. The van der Waals surface area contributed by atoms with E-state index in [1.54, 1.807) is 12.1 Å². The fourth-order valence-corrected chi connectivity index (χ4v) is 4.57. The molecule has 0 unspecified atom stereocenters. The lowest BCUT2D eigenvalue weighted by Gasteiger charge is -2.15. The molecule has 0 fully saturated rings. The topological polar surface area (TPSA) is 84.2 Å². The zero-order valence-corrected chi connectivity index (χ0v) is 16.1. The van der Waals surface area contributed by atoms with Crippen LogP contribution >= 0.6 is 11.8 Å². The highest BCUT2D eigenvalue weighted by Gasteiger charge is 2.30. The van der Waals surface area contributed by atoms with Gasteiger partial charge in [0.15, 0.2) is 0 Å². The second kappa shape index (κ2) is 7.52. The van der Waals surface area contributed by atoms with Crippen molar-refractivity contribution >= 4 is 29.5 Å². The molecule has 0 spiro atoms. The Balaban J connectivity index is 1.76. The summed E-state index contributed by atoms with van der Waals surface area (Å²) in [4.78, 5) is 23.5. The number of fused-ring (bicyclic) bond motifs is 1. The smallest absolute Gasteiger partial charge is 0.335 e. The number of nitrogens with one attached hydrogen (secondary N) is 1. The summed E-state index contributed by atoms with van der Waals surface area (Å²) in [6.07, 6.45) is 0. The van der Waals surface area contributed by atoms with Crippen LogP contribution < -0.4 is 5.32 Å². The molecule has 1 amide bonds. The molecule has 142 valence electrons. The fraction of sp³-hybridized carbons (Fsp3) is 0.190. The van der Waals surface area contributed by atoms with Gasteiger partial charge in [-0.25, -0.2) is 9.48 Å². The molecule has 2 heterocycles. The average molecular weight is 393 g/mol. The van der Waals surface area contributed by atoms with E-state index in [1.165, 1.54) is 11.8 Å². The first-order valence-electron chi connectivity index (χ1n) is 8.89. The van der Waals surface area contributed by atoms with Crippen LogP contribution in [0.4, 0.5) is 5.82 Å². The minimum atomic E-state index is -0.954. The van der Waals surface area contributed by atoms with Crippen LogP contribution in [0.15, 0.2) is 54.6 Å². The Kier molecular flexibility index (Phi) is 4.92. The molecule has 0 saturated carbocycles. The largest absolute Gasteiger partial charge is 0.478 e. The molecule has 7 heteroatoms. The third-order valence-electron chi connectivity index (χ3n) is 4.71. The first kappa shape index (κ1) is 18.3. The number of aromatic carboxylic acids is 1. The van der Waals surface area contributed by atoms with Gasteiger partial charge in [0.2, 0.25) is 5.91 Å². The van der Waals surface area contributed by atoms with Gasteiger partial charge in [-0.15, -0.1) is 11.8 Å². The Labute approximate surface area is 166 Å². The maximum absolute atomic E-state index is 12.3. The van der Waals surface area contributed by atoms with E-state index < -0.39 is 5.97 Å². The van der Waals surface area contributed by atoms with Crippen LogP contribution in [0.1, 0.15) is 38.0 Å². The van der Waals surface area contributed by atoms with Gasteiger partial charge in [-0.1, -0.05) is 42.5 Å². The number of rotatable bonds is 4. The predicted molar refractivity (Wildman–Crippen MR) is 109 cm³/mol. The first-order chi connectivity index (χ1) is 13.5. The van der Waals surface area contributed by atoms with Crippen molar-refractivity contribution in [1.29, 1.82) is 0 Å². The molecule has 1 atom stereocenters. The van der Waals surface area contributed by atoms with Crippen LogP contribution in [0.5, 0.6) is 0 Å². The van der Waals surface area contributed by atoms with E-state index in [9.17, 15) is 9.59 Å². The van der Waals surface area contributed by atoms with Crippen molar-refractivity contribution in [1.82, 2.24) is 9.78 Å². The minimum absolute atomic E-state index is 0.0647. The summed E-state index contributed by atoms with van der Waals surface area (Å²) in [7, 11) is 0. The number of nitrogens with zero attached hydrogens (tertiary/aromatic N) is 2. The second-order valence-electron chi connectivity index (χ2n) is 6.66. The highest BCUT2D eigenvalue weighted by molar-refractivity contribution is 8.00. The Hall–Kier alpha value is -3.06. The van der Waals surface area contributed by atoms with Gasteiger partial charge in [0, 0.05) is 5.56 Å². The van der Waals surface area contributed by atoms with E-state index in [2.05, 4.69) is 10.4 Å². The van der Waals surface area contributed by atoms with Crippen LogP contribution in [0, 0.1) is 6.92 Å². The number of carbonyl (C=O) groups excluding carboxylic acids is 1. The lowest BCUT2D eigenvalue weighted by atomic mass is 10.0. The Morgan fingerprint density at radius 1 is 1.21 bits per heavy atom. The van der Waals surface area contributed by atoms with Gasteiger partial charge in [-0.05, 0) is 30.2 Å². The van der Waals surface area contributed by atoms with Gasteiger partial charge in [0.05, 0.1) is 28.8 Å². The maximum Gasteiger partial charge on any atom is 0.335 e. The molecular formula is C21H19N3O3S. The number of hydrogen-bond acceptors (Lipinski definition) is 4. The molecule has 1 aliphatic rings. The zero-order chi connectivity index (χ0) is 19.7. The fourth-order valence-electron chi connectivity index (χ4n) is 3.39. The number of benzene rings is 2. The molecule has 2 aromatic carbocycles. The van der Waals surface area contributed by atoms with Crippen LogP contribution in [0.25, 0.3) is 0 Å². The molecule has 0 radical (unpaired) electrons. The quantitative estimate of drug-likeness (QED) is 0.706. The molecule has 28 heavy (non-hydrogen) atoms. The molecule has 3 aromatic rings. The summed E-state index contributed by atoms with van der Waals surface area (Å²) in [5.41, 5.74) is 4.12. The van der Waals surface area contributed by atoms with Crippen LogP contribution in [-0.4, -0.2) is 32.5 Å². The predicted octanol–water partition coefficient (Wildman–Crippen LogP) is 3.71. The Morgan fingerprint density at radius 2 is 1.93 bits per heavy atom. The standard InChI is InChI=1S/C21H19N3O3S/c1-13-18-19(15-7-9-16(10-8-15)21(26)27)28-12-17(25)22-20(18)24(23-13)11-14-5-3-2-4-6-14/h2-10,19H,11-12H2,1H3,(H,22,25)(H,26,27)/t19-/m1/s1. The number of amides is 1. The summed E-state index contributed by atoms with van der Waals surface area (Å²) in [6.45, 7) is 2.50. The molecule has 6 nitrogen and oxygen atoms in total. The van der Waals surface area contributed by atoms with Crippen LogP contribution in [0.3, 0.4) is 0 Å². The SMILES string of the molecule is Cc1nn(Cc2ccccc2)c2c1[C@@H](c1ccc(C(=O)O)cc1)SCC(=O)N2. The molecule has 1 aliphatic heterocycles. The van der Waals surface area contributed by atoms with Crippen molar-refractivity contribution in [3.63, 3.8) is 0 Å². The van der Waals surface area contributed by atoms with Crippen LogP contribution in [-0.2, 0) is 11.3 Å². The van der Waals surface area contributed by atoms with Crippen molar-refractivity contribution < 1.29 is 14.7 Å². The van der Waals surface area contributed by atoms with E-state index in [0.717, 1.165) is 22.4 Å². The van der Waals surface area contributed by atoms with E-state index in [4.69, 9.17) is 5.11 Å². The molecule has 0 bridgehead atoms. The molecular weight excluding hydrogens is 374 g/mol. The van der Waals surface area contributed by atoms with Crippen molar-refractivity contribution in [3.8, 4) is 0 Å². The van der Waals surface area contributed by atoms with Gasteiger partial charge in [-0.3, -0.25) is 4.79 Å². The van der Waals surface area contributed by atoms with Gasteiger partial charge in [0.25, 0.3) is 0 Å². The summed E-state index contributed by atoms with van der Waals surface area (Å²) in [5.74, 6) is 0.0170. The van der Waals surface area contributed by atoms with Crippen molar-refractivity contribution in [3.05, 3.63) is 82.5 Å². The van der Waals surface area contributed by atoms with Crippen molar-refractivity contribution in [2.45, 2.75) is 18.7 Å². The number of aromatic nitrogens is 2. The summed E-state index contributed by atoms with van der Waals surface area (Å²) >= 11 is 1.52. The number of hydrogen-bond donors (Lipinski definition) is 2. The number of carboxylic acid groups (broad SMARTS) is 1. The van der Waals surface area contributed by atoms with E-state index in [0.29, 0.717) is 18.1 Å². The lowest BCUT2D eigenvalue weighted by Crippen LogP contribution is -2.16. The monoisotopic (exact) mass is 393 g/mol. The summed E-state index contributed by atoms with van der Waals surface area (Å²) in [5, 5.41) is 16.7. The highest BCUT2D eigenvalue weighted by Crippen LogP contribution is 2.43. The summed E-state index contributed by atoms with van der Waals surface area (Å²) in [6, 6.07) is 16.8. The molecule has 4 rings (SSSR count). The number of thioether (sulfide) groups is 1.